The predicted octanol–water partition coefficient (Wildman–Crippen LogP) is 3.11. The van der Waals surface area contributed by atoms with Crippen LogP contribution < -0.4 is 10.6 Å². The summed E-state index contributed by atoms with van der Waals surface area (Å²) in [5.74, 6) is 2.35. The highest BCUT2D eigenvalue weighted by Crippen LogP contribution is 2.34. The van der Waals surface area contributed by atoms with Crippen LogP contribution in [0.4, 0.5) is 0 Å². The molecule has 5 nitrogen and oxygen atoms in total. The summed E-state index contributed by atoms with van der Waals surface area (Å²) >= 11 is 0. The van der Waals surface area contributed by atoms with Gasteiger partial charge >= 0.3 is 0 Å². The molecule has 0 aromatic heterocycles. The highest BCUT2D eigenvalue weighted by molar-refractivity contribution is 5.79. The third-order valence-corrected chi connectivity index (χ3v) is 5.81. The first-order chi connectivity index (χ1) is 12.4. The summed E-state index contributed by atoms with van der Waals surface area (Å²) in [6.45, 7) is 15.1. The van der Waals surface area contributed by atoms with E-state index in [1.165, 1.54) is 38.8 Å². The number of hydrogen-bond donors (Lipinski definition) is 2. The van der Waals surface area contributed by atoms with Crippen molar-refractivity contribution in [3.63, 3.8) is 0 Å². The lowest BCUT2D eigenvalue weighted by Crippen LogP contribution is -2.43. The first kappa shape index (κ1) is 21.5. The molecule has 2 fully saturated rings. The Morgan fingerprint density at radius 3 is 2.54 bits per heavy atom. The van der Waals surface area contributed by atoms with E-state index in [2.05, 4.69) is 50.3 Å². The van der Waals surface area contributed by atoms with Gasteiger partial charge < -0.3 is 20.3 Å². The van der Waals surface area contributed by atoms with Crippen molar-refractivity contribution in [2.75, 3.05) is 46.4 Å². The van der Waals surface area contributed by atoms with Crippen molar-refractivity contribution in [2.24, 2.45) is 22.2 Å². The molecule has 0 aromatic carbocycles. The van der Waals surface area contributed by atoms with Gasteiger partial charge in [0.1, 0.15) is 0 Å². The van der Waals surface area contributed by atoms with Gasteiger partial charge in [-0.3, -0.25) is 4.99 Å². The molecular formula is C21H42N4O. The Hall–Kier alpha value is -0.810. The van der Waals surface area contributed by atoms with Gasteiger partial charge in [-0.25, -0.2) is 0 Å². The highest BCUT2D eigenvalue weighted by Gasteiger charge is 2.35. The van der Waals surface area contributed by atoms with Crippen LogP contribution in [0.5, 0.6) is 0 Å². The van der Waals surface area contributed by atoms with E-state index < -0.39 is 0 Å². The quantitative estimate of drug-likeness (QED) is 0.560. The monoisotopic (exact) mass is 366 g/mol. The van der Waals surface area contributed by atoms with Crippen molar-refractivity contribution in [3.05, 3.63) is 0 Å². The molecule has 0 aliphatic carbocycles. The van der Waals surface area contributed by atoms with Crippen molar-refractivity contribution in [3.8, 4) is 0 Å². The largest absolute Gasteiger partial charge is 0.377 e. The van der Waals surface area contributed by atoms with Crippen LogP contribution in [0.2, 0.25) is 0 Å². The molecule has 2 rings (SSSR count). The summed E-state index contributed by atoms with van der Waals surface area (Å²) in [5, 5.41) is 6.97. The summed E-state index contributed by atoms with van der Waals surface area (Å²) < 4.78 is 6.10. The van der Waals surface area contributed by atoms with E-state index in [0.29, 0.717) is 12.0 Å². The molecule has 2 unspecified atom stereocenters. The van der Waals surface area contributed by atoms with E-state index in [1.807, 2.05) is 0 Å². The number of nitrogens with zero attached hydrogens (tertiary/aromatic N) is 2. The van der Waals surface area contributed by atoms with Gasteiger partial charge in [-0.05, 0) is 70.5 Å². The Morgan fingerprint density at radius 2 is 1.88 bits per heavy atom. The van der Waals surface area contributed by atoms with Crippen molar-refractivity contribution in [1.29, 1.82) is 0 Å². The van der Waals surface area contributed by atoms with Gasteiger partial charge in [-0.2, -0.15) is 0 Å². The first-order valence-electron chi connectivity index (χ1n) is 10.7. The van der Waals surface area contributed by atoms with Crippen LogP contribution in [0.25, 0.3) is 0 Å². The van der Waals surface area contributed by atoms with E-state index in [9.17, 15) is 0 Å². The topological polar surface area (TPSA) is 48.9 Å². The zero-order chi connectivity index (χ0) is 19.0. The zero-order valence-corrected chi connectivity index (χ0v) is 17.8. The second kappa shape index (κ2) is 10.5. The van der Waals surface area contributed by atoms with Gasteiger partial charge in [-0.1, -0.05) is 20.8 Å². The molecule has 0 bridgehead atoms. The van der Waals surface area contributed by atoms with Gasteiger partial charge in [0.2, 0.25) is 0 Å². The van der Waals surface area contributed by atoms with Crippen molar-refractivity contribution in [2.45, 2.75) is 65.9 Å². The maximum absolute atomic E-state index is 6.10. The molecule has 2 aliphatic rings. The van der Waals surface area contributed by atoms with Gasteiger partial charge in [-0.15, -0.1) is 0 Å². The second-order valence-corrected chi connectivity index (χ2v) is 9.24. The number of nitrogens with one attached hydrogen (secondary N) is 2. The molecule has 0 aromatic rings. The first-order valence-corrected chi connectivity index (χ1v) is 10.7. The van der Waals surface area contributed by atoms with E-state index in [1.54, 1.807) is 0 Å². The summed E-state index contributed by atoms with van der Waals surface area (Å²) in [6.07, 6.45) is 6.60. The minimum absolute atomic E-state index is 0.181. The fourth-order valence-electron chi connectivity index (χ4n) is 4.28. The summed E-state index contributed by atoms with van der Waals surface area (Å²) in [7, 11) is 2.23. The third kappa shape index (κ3) is 7.07. The van der Waals surface area contributed by atoms with E-state index >= 15 is 0 Å². The van der Waals surface area contributed by atoms with Crippen LogP contribution in [0.1, 0.15) is 59.8 Å². The molecule has 26 heavy (non-hydrogen) atoms. The second-order valence-electron chi connectivity index (χ2n) is 9.24. The number of aliphatic imine (C=N–C) groups is 1. The molecule has 2 heterocycles. The lowest BCUT2D eigenvalue weighted by atomic mass is 9.78. The van der Waals surface area contributed by atoms with E-state index in [-0.39, 0.29) is 5.41 Å². The zero-order valence-electron chi connectivity index (χ0n) is 17.8. The Kier molecular flexibility index (Phi) is 8.68. The standard InChI is InChI=1S/C21H42N4O/c1-6-22-20(23-12-9-17-10-13-25(5)14-11-17)24-16-18-8-7-15-26-19(18)21(2,3)4/h17-19H,6-16H2,1-5H3,(H2,22,23,24). The number of piperidine rings is 1. The number of ether oxygens (including phenoxy) is 1. The lowest BCUT2D eigenvalue weighted by Gasteiger charge is -2.39. The minimum Gasteiger partial charge on any atom is -0.377 e. The third-order valence-electron chi connectivity index (χ3n) is 5.81. The average Bonchev–Trinajstić information content (AvgIpc) is 2.61. The van der Waals surface area contributed by atoms with E-state index in [4.69, 9.17) is 9.73 Å². The van der Waals surface area contributed by atoms with Crippen molar-refractivity contribution < 1.29 is 4.74 Å². The molecule has 152 valence electrons. The molecule has 0 spiro atoms. The molecule has 2 saturated heterocycles. The van der Waals surface area contributed by atoms with Crippen LogP contribution in [-0.2, 0) is 4.74 Å². The Morgan fingerprint density at radius 1 is 1.15 bits per heavy atom. The fraction of sp³-hybridized carbons (Fsp3) is 0.952. The predicted molar refractivity (Wildman–Crippen MR) is 111 cm³/mol. The maximum atomic E-state index is 6.10. The van der Waals surface area contributed by atoms with Crippen LogP contribution in [0.3, 0.4) is 0 Å². The van der Waals surface area contributed by atoms with Crippen LogP contribution in [-0.4, -0.2) is 63.3 Å². The summed E-state index contributed by atoms with van der Waals surface area (Å²) in [6, 6.07) is 0. The highest BCUT2D eigenvalue weighted by atomic mass is 16.5. The van der Waals surface area contributed by atoms with E-state index in [0.717, 1.165) is 44.5 Å². The summed E-state index contributed by atoms with van der Waals surface area (Å²) in [5.41, 5.74) is 0.181. The van der Waals surface area contributed by atoms with Gasteiger partial charge in [0.25, 0.3) is 0 Å². The smallest absolute Gasteiger partial charge is 0.191 e. The number of guanidine groups is 1. The van der Waals surface area contributed by atoms with Gasteiger partial charge in [0.15, 0.2) is 5.96 Å². The molecule has 2 atom stereocenters. The normalized spacial score (nSPS) is 26.7. The fourth-order valence-corrected chi connectivity index (χ4v) is 4.28. The van der Waals surface area contributed by atoms with Crippen molar-refractivity contribution in [1.82, 2.24) is 15.5 Å². The Balaban J connectivity index is 1.81. The SMILES string of the molecule is CCNC(=NCC1CCCOC1C(C)(C)C)NCCC1CCN(C)CC1. The van der Waals surface area contributed by atoms with Gasteiger partial charge in [0, 0.05) is 32.2 Å². The maximum Gasteiger partial charge on any atom is 0.191 e. The van der Waals surface area contributed by atoms with Gasteiger partial charge in [0.05, 0.1) is 6.10 Å². The molecule has 2 aliphatic heterocycles. The Bertz CT molecular complexity index is 424. The summed E-state index contributed by atoms with van der Waals surface area (Å²) in [4.78, 5) is 7.34. The molecule has 0 amide bonds. The molecule has 0 radical (unpaired) electrons. The number of likely N-dealkylation sites (tertiary alicyclic amines) is 1. The lowest BCUT2D eigenvalue weighted by molar-refractivity contribution is -0.0823. The number of hydrogen-bond acceptors (Lipinski definition) is 3. The molecule has 2 N–H and O–H groups in total. The molecular weight excluding hydrogens is 324 g/mol. The molecule has 5 heteroatoms. The number of rotatable bonds is 6. The average molecular weight is 367 g/mol. The Labute approximate surface area is 161 Å². The van der Waals surface area contributed by atoms with Crippen LogP contribution in [0.15, 0.2) is 4.99 Å². The molecule has 0 saturated carbocycles. The minimum atomic E-state index is 0.181. The van der Waals surface area contributed by atoms with Crippen molar-refractivity contribution >= 4 is 5.96 Å². The van der Waals surface area contributed by atoms with Crippen LogP contribution in [0, 0.1) is 17.3 Å². The van der Waals surface area contributed by atoms with Crippen LogP contribution >= 0.6 is 0 Å².